The number of aliphatic hydroxyl groups excluding tert-OH is 5. The monoisotopic (exact) mass is 864 g/mol. The molecule has 0 amide bonds. The third kappa shape index (κ3) is 10.2. The number of fused-ring (bicyclic) bond motifs is 1. The number of nitrogens with two attached hydrogens (primary N) is 1. The van der Waals surface area contributed by atoms with Gasteiger partial charge in [-0.2, -0.15) is 0 Å². The molecule has 5 aliphatic carbocycles. The molecule has 9 unspecified atom stereocenters. The summed E-state index contributed by atoms with van der Waals surface area (Å²) in [6.45, 7) is 3.00. The van der Waals surface area contributed by atoms with E-state index in [1.54, 1.807) is 13.0 Å². The number of aromatic nitrogens is 1. The summed E-state index contributed by atoms with van der Waals surface area (Å²) in [5.74, 6) is 3.12. The normalized spacial score (nSPS) is 24.8. The van der Waals surface area contributed by atoms with E-state index >= 15 is 0 Å². The lowest BCUT2D eigenvalue weighted by molar-refractivity contribution is 0.103. The largest absolute Gasteiger partial charge is 0.504 e. The predicted octanol–water partition coefficient (Wildman–Crippen LogP) is 7.68. The fourth-order valence-electron chi connectivity index (χ4n) is 11.2. The van der Waals surface area contributed by atoms with Crippen LogP contribution in [-0.2, 0) is 32.5 Å². The number of allylic oxidation sites excluding steroid dienone is 2. The quantitative estimate of drug-likeness (QED) is 0.0279. The van der Waals surface area contributed by atoms with Gasteiger partial charge in [0, 0.05) is 66.7 Å². The molecule has 10 N–H and O–H groups in total. The molecule has 0 saturated heterocycles. The van der Waals surface area contributed by atoms with E-state index in [0.717, 1.165) is 109 Å². The van der Waals surface area contributed by atoms with Gasteiger partial charge in [-0.25, -0.2) is 0 Å². The second-order valence-corrected chi connectivity index (χ2v) is 19.0. The van der Waals surface area contributed by atoms with Crippen molar-refractivity contribution in [3.63, 3.8) is 0 Å². The smallest absolute Gasteiger partial charge is 0.161 e. The molecule has 2 aromatic heterocycles. The zero-order valence-electron chi connectivity index (χ0n) is 36.9. The molecule has 9 rings (SSSR count). The lowest BCUT2D eigenvalue weighted by Gasteiger charge is -2.41. The van der Waals surface area contributed by atoms with Crippen LogP contribution in [-0.4, -0.2) is 67.5 Å². The van der Waals surface area contributed by atoms with E-state index in [4.69, 9.17) is 14.9 Å². The number of H-pyrrole nitrogens is 1. The van der Waals surface area contributed by atoms with Gasteiger partial charge in [0.05, 0.1) is 25.4 Å². The van der Waals surface area contributed by atoms with Crippen LogP contribution >= 0.6 is 0 Å². The number of aryl methyl sites for hydroxylation is 3. The number of nitrogens with one attached hydrogen (secondary N) is 2. The van der Waals surface area contributed by atoms with E-state index in [2.05, 4.69) is 28.5 Å². The molecule has 11 heteroatoms. The van der Waals surface area contributed by atoms with Crippen LogP contribution in [0.1, 0.15) is 151 Å². The van der Waals surface area contributed by atoms with Crippen molar-refractivity contribution in [2.24, 2.45) is 23.0 Å². The molecule has 0 aliphatic heterocycles. The van der Waals surface area contributed by atoms with Crippen LogP contribution in [0.25, 0.3) is 6.08 Å². The minimum atomic E-state index is -0.914. The highest BCUT2D eigenvalue weighted by molar-refractivity contribution is 5.59. The molecule has 2 heterocycles. The van der Waals surface area contributed by atoms with E-state index in [1.165, 1.54) is 24.1 Å². The first kappa shape index (κ1) is 45.4. The highest BCUT2D eigenvalue weighted by atomic mass is 16.5. The third-order valence-corrected chi connectivity index (χ3v) is 14.6. The summed E-state index contributed by atoms with van der Waals surface area (Å²) in [5.41, 5.74) is 14.2. The van der Waals surface area contributed by atoms with Gasteiger partial charge < -0.3 is 55.8 Å². The Hall–Kier alpha value is -4.20. The number of phenols is 1. The first-order valence-corrected chi connectivity index (χ1v) is 23.6. The van der Waals surface area contributed by atoms with Gasteiger partial charge in [0.15, 0.2) is 11.5 Å². The zero-order valence-corrected chi connectivity index (χ0v) is 36.9. The van der Waals surface area contributed by atoms with E-state index in [9.17, 15) is 30.6 Å². The molecular formula is C52H69N3O8. The Balaban J connectivity index is 0.790. The molecule has 340 valence electrons. The van der Waals surface area contributed by atoms with Crippen molar-refractivity contribution >= 4 is 6.08 Å². The first-order valence-electron chi connectivity index (χ1n) is 23.6. The van der Waals surface area contributed by atoms with E-state index < -0.39 is 18.3 Å². The molecular weight excluding hydrogens is 795 g/mol. The summed E-state index contributed by atoms with van der Waals surface area (Å²) < 4.78 is 12.3. The molecule has 1 spiro atoms. The van der Waals surface area contributed by atoms with Gasteiger partial charge in [-0.1, -0.05) is 68.2 Å². The maximum absolute atomic E-state index is 11.4. The lowest BCUT2D eigenvalue weighted by atomic mass is 9.64. The standard InChI is InChI=1S/C52H69N3O8/c1-32(58)27-54-28-44-43-26-45(55-50(43)36-18-20-52(44)19-6-7-39(52)23-36)47(60)31-62-49-22-33(12-17-46(49)59)10-15-41-25-38(30-57)48(63-41)9-5-3-2-4-8-40(53)24-37-14-13-35-21-34(29-56)11-16-42(35)51(37)61/h11-14,16-18,20-22,25-26,32,36-37,39-40,44,47,51,54-61H,2-10,15,19,23-24,27-31,53H2,1H3. The van der Waals surface area contributed by atoms with Gasteiger partial charge in [-0.15, -0.1) is 0 Å². The average Bonchev–Trinajstić information content (AvgIpc) is 4.00. The third-order valence-electron chi connectivity index (χ3n) is 14.6. The Labute approximate surface area is 372 Å². The molecule has 0 radical (unpaired) electrons. The number of aromatic amines is 1. The van der Waals surface area contributed by atoms with Gasteiger partial charge in [-0.05, 0) is 121 Å². The average molecular weight is 864 g/mol. The molecule has 1 fully saturated rings. The minimum absolute atomic E-state index is 0.000628. The van der Waals surface area contributed by atoms with E-state index in [-0.39, 0.29) is 54.8 Å². The highest BCUT2D eigenvalue weighted by Crippen LogP contribution is 2.62. The second kappa shape index (κ2) is 20.3. The Morgan fingerprint density at radius 3 is 2.62 bits per heavy atom. The van der Waals surface area contributed by atoms with E-state index in [1.807, 2.05) is 48.6 Å². The van der Waals surface area contributed by atoms with Crippen LogP contribution in [0.4, 0.5) is 0 Å². The topological polar surface area (TPSA) is 198 Å². The number of aliphatic hydroxyl groups is 5. The lowest BCUT2D eigenvalue weighted by Crippen LogP contribution is -2.39. The second-order valence-electron chi connectivity index (χ2n) is 19.0. The number of phenolic OH excluding ortho intramolecular Hbond substituents is 1. The van der Waals surface area contributed by atoms with Crippen LogP contribution in [0.15, 0.2) is 71.2 Å². The van der Waals surface area contributed by atoms with E-state index in [0.29, 0.717) is 31.1 Å². The molecule has 2 bridgehead atoms. The molecule has 11 nitrogen and oxygen atoms in total. The number of furan rings is 1. The molecule has 63 heavy (non-hydrogen) atoms. The van der Waals surface area contributed by atoms with Crippen LogP contribution < -0.4 is 15.8 Å². The number of aromatic hydroxyl groups is 1. The van der Waals surface area contributed by atoms with Crippen molar-refractivity contribution in [2.45, 2.75) is 140 Å². The van der Waals surface area contributed by atoms with Crippen molar-refractivity contribution in [2.75, 3.05) is 19.7 Å². The van der Waals surface area contributed by atoms with Crippen LogP contribution in [0.2, 0.25) is 0 Å². The number of rotatable bonds is 22. The Bertz CT molecular complexity index is 2210. The number of unbranched alkanes of at least 4 members (excludes halogenated alkanes) is 3. The molecule has 1 saturated carbocycles. The van der Waals surface area contributed by atoms with Crippen LogP contribution in [0.5, 0.6) is 11.5 Å². The molecule has 9 atom stereocenters. The maximum atomic E-state index is 11.4. The number of hydrogen-bond donors (Lipinski definition) is 9. The van der Waals surface area contributed by atoms with Gasteiger partial charge >= 0.3 is 0 Å². The fraction of sp³-hybridized carbons (Fsp3) is 0.538. The molecule has 2 aromatic carbocycles. The summed E-state index contributed by atoms with van der Waals surface area (Å²) in [6, 6.07) is 15.1. The van der Waals surface area contributed by atoms with Crippen molar-refractivity contribution in [3.05, 3.63) is 123 Å². The van der Waals surface area contributed by atoms with Crippen molar-refractivity contribution in [1.29, 1.82) is 0 Å². The van der Waals surface area contributed by atoms with Gasteiger partial charge in [0.25, 0.3) is 0 Å². The summed E-state index contributed by atoms with van der Waals surface area (Å²) in [7, 11) is 0. The summed E-state index contributed by atoms with van der Waals surface area (Å²) in [6.07, 6.45) is 19.4. The fourth-order valence-corrected chi connectivity index (χ4v) is 11.2. The molecule has 4 aromatic rings. The van der Waals surface area contributed by atoms with Gasteiger partial charge in [0.1, 0.15) is 24.2 Å². The van der Waals surface area contributed by atoms with Crippen molar-refractivity contribution in [3.8, 4) is 11.5 Å². The number of hydrogen-bond acceptors (Lipinski definition) is 10. The summed E-state index contributed by atoms with van der Waals surface area (Å²) >= 11 is 0. The predicted molar refractivity (Wildman–Crippen MR) is 244 cm³/mol. The molecule has 5 aliphatic rings. The van der Waals surface area contributed by atoms with Gasteiger partial charge in [-0.3, -0.25) is 0 Å². The maximum Gasteiger partial charge on any atom is 0.161 e. The van der Waals surface area contributed by atoms with Crippen molar-refractivity contribution < 1.29 is 39.8 Å². The zero-order chi connectivity index (χ0) is 44.1. The Kier molecular flexibility index (Phi) is 14.6. The highest BCUT2D eigenvalue weighted by Gasteiger charge is 2.53. The first-order chi connectivity index (χ1) is 30.5. The van der Waals surface area contributed by atoms with Crippen LogP contribution in [0.3, 0.4) is 0 Å². The minimum Gasteiger partial charge on any atom is -0.504 e. The summed E-state index contributed by atoms with van der Waals surface area (Å²) in [4.78, 5) is 3.60. The van der Waals surface area contributed by atoms with Crippen molar-refractivity contribution in [1.82, 2.24) is 10.3 Å². The Morgan fingerprint density at radius 1 is 0.952 bits per heavy atom. The van der Waals surface area contributed by atoms with Gasteiger partial charge in [0.2, 0.25) is 0 Å². The number of benzene rings is 2. The SMILES string of the molecule is CC(O)CNCC1c2cc(C(O)COc3cc(CCc4cc(CO)c(CCCCCCC(N)CC5C=Cc6cc(CO)ccc6C5O)o4)ccc3O)[nH]c2C2C=CC13CCCC3C2. The number of ether oxygens (including phenoxy) is 1. The van der Waals surface area contributed by atoms with Crippen LogP contribution in [0, 0.1) is 17.3 Å². The Morgan fingerprint density at radius 2 is 1.79 bits per heavy atom. The summed E-state index contributed by atoms with van der Waals surface area (Å²) in [5, 5.41) is 66.1.